The molecule has 0 fully saturated rings. The van der Waals surface area contributed by atoms with Crippen molar-refractivity contribution in [1.82, 2.24) is 14.8 Å². The van der Waals surface area contributed by atoms with Crippen molar-refractivity contribution in [1.29, 1.82) is 0 Å². The van der Waals surface area contributed by atoms with E-state index in [1.54, 1.807) is 12.1 Å². The molecule has 7 nitrogen and oxygen atoms in total. The first kappa shape index (κ1) is 17.2. The standard InChI is InChI=1S/C19H16ClN5O2/c1-11-7-8-14(13(20)9-11)21-18(27)15-10-16(26)22-19-23-17(24-25(15)19)12-5-3-2-4-6-12/h2-9,15H,10H2,1H3,(H,21,27)(H,22,23,24,26)/t15-/m0/s1. The van der Waals surface area contributed by atoms with E-state index in [-0.39, 0.29) is 24.2 Å². The Bertz CT molecular complexity index is 1030. The van der Waals surface area contributed by atoms with E-state index in [4.69, 9.17) is 11.6 Å². The van der Waals surface area contributed by atoms with Gasteiger partial charge in [0.15, 0.2) is 5.82 Å². The summed E-state index contributed by atoms with van der Waals surface area (Å²) in [6.45, 7) is 1.91. The highest BCUT2D eigenvalue weighted by molar-refractivity contribution is 6.33. The van der Waals surface area contributed by atoms with Gasteiger partial charge in [0, 0.05) is 5.56 Å². The van der Waals surface area contributed by atoms with E-state index in [2.05, 4.69) is 20.7 Å². The summed E-state index contributed by atoms with van der Waals surface area (Å²) in [6, 6.07) is 13.9. The summed E-state index contributed by atoms with van der Waals surface area (Å²) in [5.41, 5.74) is 2.28. The van der Waals surface area contributed by atoms with Gasteiger partial charge in [0.2, 0.25) is 17.8 Å². The molecule has 0 saturated carbocycles. The molecule has 0 bridgehead atoms. The molecule has 0 radical (unpaired) electrons. The number of hydrogen-bond acceptors (Lipinski definition) is 4. The number of fused-ring (bicyclic) bond motifs is 1. The first-order valence-electron chi connectivity index (χ1n) is 8.40. The predicted molar refractivity (Wildman–Crippen MR) is 103 cm³/mol. The van der Waals surface area contributed by atoms with E-state index in [1.165, 1.54) is 4.68 Å². The van der Waals surface area contributed by atoms with Crippen molar-refractivity contribution in [2.24, 2.45) is 0 Å². The number of benzene rings is 2. The molecule has 0 unspecified atom stereocenters. The molecule has 27 heavy (non-hydrogen) atoms. The van der Waals surface area contributed by atoms with Crippen LogP contribution >= 0.6 is 11.6 Å². The summed E-state index contributed by atoms with van der Waals surface area (Å²) >= 11 is 6.20. The topological polar surface area (TPSA) is 88.9 Å². The zero-order valence-electron chi connectivity index (χ0n) is 14.4. The molecule has 8 heteroatoms. The van der Waals surface area contributed by atoms with Gasteiger partial charge in [-0.1, -0.05) is 48.0 Å². The third-order valence-electron chi connectivity index (χ3n) is 4.27. The maximum absolute atomic E-state index is 12.8. The zero-order valence-corrected chi connectivity index (χ0v) is 15.2. The van der Waals surface area contributed by atoms with Crippen molar-refractivity contribution >= 4 is 35.1 Å². The first-order chi connectivity index (χ1) is 13.0. The average Bonchev–Trinajstić information content (AvgIpc) is 3.08. The second kappa shape index (κ2) is 6.85. The van der Waals surface area contributed by atoms with Crippen molar-refractivity contribution in [3.8, 4) is 11.4 Å². The number of carbonyl (C=O) groups excluding carboxylic acids is 2. The van der Waals surface area contributed by atoms with Crippen LogP contribution in [0, 0.1) is 6.92 Å². The van der Waals surface area contributed by atoms with Crippen molar-refractivity contribution < 1.29 is 9.59 Å². The molecule has 1 aliphatic heterocycles. The molecule has 2 aromatic carbocycles. The number of nitrogens with one attached hydrogen (secondary N) is 2. The number of halogens is 1. The normalized spacial score (nSPS) is 15.8. The Kier molecular flexibility index (Phi) is 4.37. The van der Waals surface area contributed by atoms with Crippen LogP contribution in [0.5, 0.6) is 0 Å². The highest BCUT2D eigenvalue weighted by Crippen LogP contribution is 2.29. The van der Waals surface area contributed by atoms with Crippen LogP contribution in [0.25, 0.3) is 11.4 Å². The van der Waals surface area contributed by atoms with E-state index < -0.39 is 6.04 Å². The third kappa shape index (κ3) is 3.41. The quantitative estimate of drug-likeness (QED) is 0.727. The van der Waals surface area contributed by atoms with E-state index in [0.717, 1.165) is 11.1 Å². The summed E-state index contributed by atoms with van der Waals surface area (Å²) in [5.74, 6) is 0.0326. The van der Waals surface area contributed by atoms with Gasteiger partial charge in [-0.25, -0.2) is 4.68 Å². The van der Waals surface area contributed by atoms with Gasteiger partial charge in [-0.2, -0.15) is 4.98 Å². The fourth-order valence-corrected chi connectivity index (χ4v) is 3.20. The monoisotopic (exact) mass is 381 g/mol. The molecule has 1 aromatic heterocycles. The molecule has 1 aliphatic rings. The van der Waals surface area contributed by atoms with Crippen molar-refractivity contribution in [2.75, 3.05) is 10.6 Å². The summed E-state index contributed by atoms with van der Waals surface area (Å²) < 4.78 is 1.45. The zero-order chi connectivity index (χ0) is 19.0. The molecule has 0 saturated heterocycles. The largest absolute Gasteiger partial charge is 0.323 e. The van der Waals surface area contributed by atoms with Gasteiger partial charge < -0.3 is 5.32 Å². The van der Waals surface area contributed by atoms with Gasteiger partial charge in [0.05, 0.1) is 17.1 Å². The van der Waals surface area contributed by atoms with E-state index >= 15 is 0 Å². The lowest BCUT2D eigenvalue weighted by Gasteiger charge is -2.22. The third-order valence-corrected chi connectivity index (χ3v) is 4.59. The second-order valence-corrected chi connectivity index (χ2v) is 6.72. The van der Waals surface area contributed by atoms with Crippen molar-refractivity contribution in [3.63, 3.8) is 0 Å². The molecular formula is C19H16ClN5O2. The van der Waals surface area contributed by atoms with Crippen LogP contribution in [-0.2, 0) is 9.59 Å². The number of aromatic nitrogens is 3. The Morgan fingerprint density at radius 3 is 2.78 bits per heavy atom. The molecule has 2 heterocycles. The number of carbonyl (C=O) groups is 2. The maximum Gasteiger partial charge on any atom is 0.249 e. The van der Waals surface area contributed by atoms with Gasteiger partial charge in [-0.15, -0.1) is 5.10 Å². The minimum atomic E-state index is -0.809. The SMILES string of the molecule is Cc1ccc(NC(=O)[C@@H]2CC(=O)Nc3nc(-c4ccccc4)nn32)c(Cl)c1. The lowest BCUT2D eigenvalue weighted by molar-refractivity contribution is -0.125. The van der Waals surface area contributed by atoms with E-state index in [0.29, 0.717) is 16.5 Å². The van der Waals surface area contributed by atoms with Crippen LogP contribution in [0.4, 0.5) is 11.6 Å². The molecular weight excluding hydrogens is 366 g/mol. The molecule has 4 rings (SSSR count). The van der Waals surface area contributed by atoms with Crippen LogP contribution in [0.2, 0.25) is 5.02 Å². The number of hydrogen-bond donors (Lipinski definition) is 2. The Morgan fingerprint density at radius 1 is 1.26 bits per heavy atom. The summed E-state index contributed by atoms with van der Waals surface area (Å²) in [5, 5.41) is 10.3. The minimum Gasteiger partial charge on any atom is -0.323 e. The Labute approximate surface area is 160 Å². The van der Waals surface area contributed by atoms with Crippen LogP contribution < -0.4 is 10.6 Å². The van der Waals surface area contributed by atoms with E-state index in [9.17, 15) is 9.59 Å². The maximum atomic E-state index is 12.8. The van der Waals surface area contributed by atoms with Gasteiger partial charge in [0.25, 0.3) is 0 Å². The lowest BCUT2D eigenvalue weighted by Crippen LogP contribution is -2.36. The van der Waals surface area contributed by atoms with Crippen molar-refractivity contribution in [2.45, 2.75) is 19.4 Å². The highest BCUT2D eigenvalue weighted by atomic mass is 35.5. The predicted octanol–water partition coefficient (Wildman–Crippen LogP) is 3.43. The van der Waals surface area contributed by atoms with Gasteiger partial charge >= 0.3 is 0 Å². The Morgan fingerprint density at radius 2 is 2.04 bits per heavy atom. The Hall–Kier alpha value is -3.19. The molecule has 0 spiro atoms. The van der Waals surface area contributed by atoms with Gasteiger partial charge in [-0.3, -0.25) is 14.9 Å². The van der Waals surface area contributed by atoms with Gasteiger partial charge in [-0.05, 0) is 24.6 Å². The van der Waals surface area contributed by atoms with E-state index in [1.807, 2.05) is 43.3 Å². The molecule has 3 aromatic rings. The lowest BCUT2D eigenvalue weighted by atomic mass is 10.1. The molecule has 2 amide bonds. The average molecular weight is 382 g/mol. The number of aryl methyl sites for hydroxylation is 1. The molecule has 136 valence electrons. The van der Waals surface area contributed by atoms with Gasteiger partial charge in [0.1, 0.15) is 6.04 Å². The minimum absolute atomic E-state index is 0.0279. The molecule has 0 aliphatic carbocycles. The summed E-state index contributed by atoms with van der Waals surface area (Å²) in [6.07, 6.45) is -0.0279. The smallest absolute Gasteiger partial charge is 0.249 e. The number of amides is 2. The fourth-order valence-electron chi connectivity index (χ4n) is 2.91. The highest BCUT2D eigenvalue weighted by Gasteiger charge is 2.33. The number of nitrogens with zero attached hydrogens (tertiary/aromatic N) is 3. The number of anilines is 2. The van der Waals surface area contributed by atoms with Crippen molar-refractivity contribution in [3.05, 3.63) is 59.1 Å². The summed E-state index contributed by atoms with van der Waals surface area (Å²) in [7, 11) is 0. The van der Waals surface area contributed by atoms with Crippen LogP contribution in [0.1, 0.15) is 18.0 Å². The fraction of sp³-hybridized carbons (Fsp3) is 0.158. The molecule has 2 N–H and O–H groups in total. The molecule has 1 atom stereocenters. The first-order valence-corrected chi connectivity index (χ1v) is 8.78. The Balaban J connectivity index is 1.65. The van der Waals surface area contributed by atoms with Crippen LogP contribution in [0.15, 0.2) is 48.5 Å². The number of rotatable bonds is 3. The second-order valence-electron chi connectivity index (χ2n) is 6.31. The summed E-state index contributed by atoms with van der Waals surface area (Å²) in [4.78, 5) is 29.2. The van der Waals surface area contributed by atoms with Crippen LogP contribution in [-0.4, -0.2) is 26.6 Å². The van der Waals surface area contributed by atoms with Crippen LogP contribution in [0.3, 0.4) is 0 Å².